The third-order valence-corrected chi connectivity index (χ3v) is 6.85. The van der Waals surface area contributed by atoms with Crippen LogP contribution in [0.2, 0.25) is 5.02 Å². The monoisotopic (exact) mass is 512 g/mol. The fraction of sp³-hybridized carbons (Fsp3) is 0.407. The summed E-state index contributed by atoms with van der Waals surface area (Å²) >= 11 is 6.11. The fourth-order valence-corrected chi connectivity index (χ4v) is 4.73. The lowest BCUT2D eigenvalue weighted by Gasteiger charge is -2.36. The maximum atomic E-state index is 14.2. The maximum absolute atomic E-state index is 14.2. The van der Waals surface area contributed by atoms with Gasteiger partial charge < -0.3 is 20.0 Å². The van der Waals surface area contributed by atoms with Crippen molar-refractivity contribution in [2.24, 2.45) is 0 Å². The van der Waals surface area contributed by atoms with Crippen LogP contribution in [0.5, 0.6) is 0 Å². The summed E-state index contributed by atoms with van der Waals surface area (Å²) in [5.74, 6) is 0.601. The number of aromatic nitrogens is 2. The van der Waals surface area contributed by atoms with Gasteiger partial charge in [-0.05, 0) is 63.7 Å². The molecular formula is C27H34ClFN6O. The molecule has 1 aliphatic rings. The van der Waals surface area contributed by atoms with Crippen LogP contribution in [-0.4, -0.2) is 64.4 Å². The summed E-state index contributed by atoms with van der Waals surface area (Å²) < 4.78 is 16.0. The van der Waals surface area contributed by atoms with Gasteiger partial charge in [-0.2, -0.15) is 5.10 Å². The van der Waals surface area contributed by atoms with Gasteiger partial charge in [0.25, 0.3) is 0 Å². The third kappa shape index (κ3) is 5.82. The van der Waals surface area contributed by atoms with Crippen LogP contribution < -0.4 is 10.2 Å². The zero-order valence-corrected chi connectivity index (χ0v) is 22.1. The van der Waals surface area contributed by atoms with Crippen LogP contribution >= 0.6 is 11.6 Å². The average Bonchev–Trinajstić information content (AvgIpc) is 3.18. The van der Waals surface area contributed by atoms with Crippen LogP contribution in [0.3, 0.4) is 0 Å². The molecule has 1 aliphatic heterocycles. The quantitative estimate of drug-likeness (QED) is 0.450. The van der Waals surface area contributed by atoms with E-state index in [4.69, 9.17) is 16.7 Å². The number of piperazine rings is 1. The summed E-state index contributed by atoms with van der Waals surface area (Å²) in [6.45, 7) is 13.0. The van der Waals surface area contributed by atoms with Gasteiger partial charge in [0, 0.05) is 48.5 Å². The third-order valence-electron chi connectivity index (χ3n) is 6.62. The van der Waals surface area contributed by atoms with Crippen molar-refractivity contribution < 1.29 is 9.18 Å². The normalized spacial score (nSPS) is 14.4. The molecule has 9 heteroatoms. The zero-order chi connectivity index (χ0) is 25.8. The van der Waals surface area contributed by atoms with E-state index in [9.17, 15) is 9.18 Å². The number of aryl methyl sites for hydroxylation is 1. The molecule has 0 spiro atoms. The second-order valence-electron chi connectivity index (χ2n) is 9.36. The van der Waals surface area contributed by atoms with E-state index in [0.29, 0.717) is 22.9 Å². The summed E-state index contributed by atoms with van der Waals surface area (Å²) in [5, 5.41) is 8.35. The Morgan fingerprint density at radius 3 is 2.50 bits per heavy atom. The van der Waals surface area contributed by atoms with Gasteiger partial charge in [-0.1, -0.05) is 30.7 Å². The summed E-state index contributed by atoms with van der Waals surface area (Å²) in [6.07, 6.45) is 0. The van der Waals surface area contributed by atoms with Gasteiger partial charge >= 0.3 is 6.03 Å². The molecule has 0 radical (unpaired) electrons. The van der Waals surface area contributed by atoms with E-state index >= 15 is 0 Å². The van der Waals surface area contributed by atoms with E-state index in [-0.39, 0.29) is 17.9 Å². The number of hydrogen-bond donors (Lipinski definition) is 1. The number of rotatable bonds is 7. The number of urea groups is 1. The minimum atomic E-state index is -0.311. The molecule has 0 bridgehead atoms. The van der Waals surface area contributed by atoms with Crippen LogP contribution in [0.4, 0.5) is 20.7 Å². The van der Waals surface area contributed by atoms with Crippen LogP contribution in [0.25, 0.3) is 5.69 Å². The molecule has 2 heterocycles. The molecule has 2 amide bonds. The second-order valence-corrected chi connectivity index (χ2v) is 9.80. The molecule has 192 valence electrons. The van der Waals surface area contributed by atoms with E-state index in [1.54, 1.807) is 29.2 Å². The predicted octanol–water partition coefficient (Wildman–Crippen LogP) is 5.56. The Labute approximate surface area is 217 Å². The molecule has 7 nitrogen and oxygen atoms in total. The lowest BCUT2D eigenvalue weighted by Crippen LogP contribution is -2.47. The molecule has 0 aliphatic carbocycles. The summed E-state index contributed by atoms with van der Waals surface area (Å²) in [5.41, 5.74) is 3.07. The van der Waals surface area contributed by atoms with E-state index in [1.807, 2.05) is 37.6 Å². The number of halogens is 2. The van der Waals surface area contributed by atoms with Crippen molar-refractivity contribution in [3.8, 4) is 5.69 Å². The average molecular weight is 513 g/mol. The minimum Gasteiger partial charge on any atom is -0.354 e. The van der Waals surface area contributed by atoms with Gasteiger partial charge in [-0.3, -0.25) is 0 Å². The molecule has 1 aromatic heterocycles. The Morgan fingerprint density at radius 2 is 1.86 bits per heavy atom. The van der Waals surface area contributed by atoms with Crippen molar-refractivity contribution in [2.45, 2.75) is 40.3 Å². The lowest BCUT2D eigenvalue weighted by molar-refractivity contribution is 0.193. The van der Waals surface area contributed by atoms with E-state index in [2.05, 4.69) is 22.0 Å². The number of nitrogens with zero attached hydrogens (tertiary/aromatic N) is 5. The van der Waals surface area contributed by atoms with E-state index < -0.39 is 0 Å². The number of carbonyl (C=O) groups excluding carboxylic acids is 1. The number of amides is 2. The first-order chi connectivity index (χ1) is 17.3. The topological polar surface area (TPSA) is 56.6 Å². The molecule has 4 rings (SSSR count). The molecule has 1 fully saturated rings. The van der Waals surface area contributed by atoms with E-state index in [1.165, 1.54) is 12.1 Å². The Kier molecular flexibility index (Phi) is 8.16. The number of carbonyl (C=O) groups is 1. The van der Waals surface area contributed by atoms with Crippen LogP contribution in [0.1, 0.15) is 32.0 Å². The first-order valence-corrected chi connectivity index (χ1v) is 12.8. The first kappa shape index (κ1) is 26.0. The molecule has 0 unspecified atom stereocenters. The Hall–Kier alpha value is -3.10. The van der Waals surface area contributed by atoms with Gasteiger partial charge in [0.15, 0.2) is 0 Å². The SMILES string of the molecule is CCN1CCN(c2c(CN(C(=O)Nc3cccc(Cl)c3)C(C)C)c(C)nn2-c2cccc(F)c2)CC1. The van der Waals surface area contributed by atoms with Crippen molar-refractivity contribution >= 4 is 29.1 Å². The summed E-state index contributed by atoms with van der Waals surface area (Å²) in [7, 11) is 0. The van der Waals surface area contributed by atoms with Crippen molar-refractivity contribution in [3.05, 3.63) is 70.6 Å². The smallest absolute Gasteiger partial charge is 0.322 e. The highest BCUT2D eigenvalue weighted by Gasteiger charge is 2.28. The number of anilines is 2. The van der Waals surface area contributed by atoms with E-state index in [0.717, 1.165) is 49.8 Å². The van der Waals surface area contributed by atoms with Crippen LogP contribution in [0.15, 0.2) is 48.5 Å². The lowest BCUT2D eigenvalue weighted by atomic mass is 10.1. The fourth-order valence-electron chi connectivity index (χ4n) is 4.54. The Morgan fingerprint density at radius 1 is 1.14 bits per heavy atom. The van der Waals surface area contributed by atoms with Gasteiger partial charge in [-0.25, -0.2) is 13.9 Å². The van der Waals surface area contributed by atoms with Gasteiger partial charge in [0.2, 0.25) is 0 Å². The molecule has 0 atom stereocenters. The highest BCUT2D eigenvalue weighted by atomic mass is 35.5. The van der Waals surface area contributed by atoms with Crippen LogP contribution in [-0.2, 0) is 6.54 Å². The standard InChI is InChI=1S/C27H34ClFN6O/c1-5-32-12-14-33(15-13-32)26-25(20(4)31-35(26)24-11-7-9-22(29)17-24)18-34(19(2)3)27(36)30-23-10-6-8-21(28)16-23/h6-11,16-17,19H,5,12-15,18H2,1-4H3,(H,30,36). The summed E-state index contributed by atoms with van der Waals surface area (Å²) in [6, 6.07) is 13.3. The van der Waals surface area contributed by atoms with Crippen molar-refractivity contribution in [1.82, 2.24) is 19.6 Å². The van der Waals surface area contributed by atoms with Crippen molar-refractivity contribution in [3.63, 3.8) is 0 Å². The number of hydrogen-bond acceptors (Lipinski definition) is 4. The maximum Gasteiger partial charge on any atom is 0.322 e. The minimum absolute atomic E-state index is 0.0640. The first-order valence-electron chi connectivity index (χ1n) is 12.4. The molecule has 1 saturated heterocycles. The van der Waals surface area contributed by atoms with Gasteiger partial charge in [-0.15, -0.1) is 0 Å². The molecule has 36 heavy (non-hydrogen) atoms. The van der Waals surface area contributed by atoms with Crippen LogP contribution in [0, 0.1) is 12.7 Å². The molecule has 0 saturated carbocycles. The predicted molar refractivity (Wildman–Crippen MR) is 144 cm³/mol. The molecule has 2 aromatic carbocycles. The Bertz CT molecular complexity index is 1200. The second kappa shape index (κ2) is 11.3. The Balaban J connectivity index is 1.70. The highest BCUT2D eigenvalue weighted by molar-refractivity contribution is 6.30. The van der Waals surface area contributed by atoms with Crippen molar-refractivity contribution in [2.75, 3.05) is 42.9 Å². The largest absolute Gasteiger partial charge is 0.354 e. The zero-order valence-electron chi connectivity index (χ0n) is 21.3. The molecular weight excluding hydrogens is 479 g/mol. The molecule has 3 aromatic rings. The number of benzene rings is 2. The van der Waals surface area contributed by atoms with Gasteiger partial charge in [0.1, 0.15) is 11.6 Å². The van der Waals surface area contributed by atoms with Crippen molar-refractivity contribution in [1.29, 1.82) is 0 Å². The number of likely N-dealkylation sites (N-methyl/N-ethyl adjacent to an activating group) is 1. The highest BCUT2D eigenvalue weighted by Crippen LogP contribution is 2.30. The number of nitrogens with one attached hydrogen (secondary N) is 1. The molecule has 1 N–H and O–H groups in total. The van der Waals surface area contributed by atoms with Gasteiger partial charge in [0.05, 0.1) is 17.9 Å². The summed E-state index contributed by atoms with van der Waals surface area (Å²) in [4.78, 5) is 19.8.